The maximum atomic E-state index is 0. The molecule has 0 rings (SSSR count). The van der Waals surface area contributed by atoms with Gasteiger partial charge in [-0.15, -0.1) is 0 Å². The van der Waals surface area contributed by atoms with Crippen LogP contribution >= 0.6 is 0 Å². The van der Waals surface area contributed by atoms with Crippen molar-refractivity contribution in [2.45, 2.75) is 0 Å². The Morgan fingerprint density at radius 3 is 0.429 bits per heavy atom. The van der Waals surface area contributed by atoms with Crippen LogP contribution in [0.5, 0.6) is 0 Å². The molecule has 0 aliphatic rings. The fourth-order valence-electron chi connectivity index (χ4n) is 0. The zero-order valence-electron chi connectivity index (χ0n) is 2.95. The van der Waals surface area contributed by atoms with Crippen molar-refractivity contribution in [1.29, 1.82) is 0 Å². The van der Waals surface area contributed by atoms with Crippen molar-refractivity contribution in [1.82, 2.24) is 0 Å². The van der Waals surface area contributed by atoms with E-state index in [-0.39, 0.29) is 72.4 Å². The summed E-state index contributed by atoms with van der Waals surface area (Å²) < 4.78 is 0. The Balaban J connectivity index is 0. The van der Waals surface area contributed by atoms with E-state index in [2.05, 4.69) is 0 Å². The van der Waals surface area contributed by atoms with Crippen molar-refractivity contribution in [3.63, 3.8) is 0 Å². The molecule has 0 radical (unpaired) electrons. The molecular weight excluding hydrogens is 383 g/mol. The summed E-state index contributed by atoms with van der Waals surface area (Å²) in [4.78, 5) is 0. The van der Waals surface area contributed by atoms with E-state index in [1.807, 2.05) is 0 Å². The fourth-order valence-corrected chi connectivity index (χ4v) is 0. The average Bonchev–Trinajstić information content (AvgIpc) is 0. The second-order valence-corrected chi connectivity index (χ2v) is 0. The van der Waals surface area contributed by atoms with Gasteiger partial charge in [-0.1, -0.05) is 0 Å². The van der Waals surface area contributed by atoms with Gasteiger partial charge in [-0.3, -0.25) is 0 Å². The zero-order chi connectivity index (χ0) is 0. The Bertz CT molecular complexity index is 8.04. The Kier molecular flexibility index (Phi) is 6600. The van der Waals surface area contributed by atoms with E-state index >= 15 is 0 Å². The molecule has 0 spiro atoms. The second kappa shape index (κ2) is 174. The van der Waals surface area contributed by atoms with Crippen molar-refractivity contribution < 1.29 is 48.4 Å². The summed E-state index contributed by atoms with van der Waals surface area (Å²) in [6.07, 6.45) is 0. The smallest absolute Gasteiger partial charge is 2.00 e. The third kappa shape index (κ3) is 123. The Morgan fingerprint density at radius 1 is 0.429 bits per heavy atom. The van der Waals surface area contributed by atoms with E-state index in [0.717, 1.165) is 0 Å². The van der Waals surface area contributed by atoms with Crippen LogP contribution in [-0.2, 0) is 48.4 Å². The molecule has 7 heteroatoms. The van der Waals surface area contributed by atoms with E-state index in [0.29, 0.717) is 0 Å². The predicted octanol–water partition coefficient (Wildman–Crippen LogP) is -0.977. The SMILES string of the molecule is [O-2].[O-2].[O-2].[O-2].[O-2].[Sn+4].[W+6]. The summed E-state index contributed by atoms with van der Waals surface area (Å²) in [6.45, 7) is 0. The molecule has 0 amide bonds. The maximum absolute atomic E-state index is 0. The van der Waals surface area contributed by atoms with Gasteiger partial charge in [-0.25, -0.2) is 0 Å². The van der Waals surface area contributed by atoms with Crippen molar-refractivity contribution in [2.75, 3.05) is 0 Å². The number of hydrogen-bond acceptors (Lipinski definition) is 0. The zero-order valence-corrected chi connectivity index (χ0v) is 8.74. The number of rotatable bonds is 0. The molecule has 0 unspecified atom stereocenters. The van der Waals surface area contributed by atoms with Crippen LogP contribution in [0.3, 0.4) is 0 Å². The molecule has 0 aliphatic carbocycles. The molecule has 0 atom stereocenters. The first-order valence-electron chi connectivity index (χ1n) is 0. The molecule has 0 aromatic rings. The first-order valence-corrected chi connectivity index (χ1v) is 0. The summed E-state index contributed by atoms with van der Waals surface area (Å²) in [5.41, 5.74) is 0. The van der Waals surface area contributed by atoms with E-state index in [4.69, 9.17) is 0 Å². The molecule has 0 bridgehead atoms. The van der Waals surface area contributed by atoms with Crippen LogP contribution in [0.2, 0.25) is 0 Å². The van der Waals surface area contributed by atoms with Crippen LogP contribution in [0.4, 0.5) is 0 Å². The van der Waals surface area contributed by atoms with Crippen molar-refractivity contribution in [2.24, 2.45) is 0 Å². The van der Waals surface area contributed by atoms with Crippen LogP contribution in [-0.4, -0.2) is 23.9 Å². The Labute approximate surface area is 72.2 Å². The van der Waals surface area contributed by atoms with E-state index in [9.17, 15) is 0 Å². The quantitative estimate of drug-likeness (QED) is 0.475. The molecule has 0 aromatic heterocycles. The molecule has 0 heterocycles. The van der Waals surface area contributed by atoms with Gasteiger partial charge in [0, 0.05) is 0 Å². The average molecular weight is 383 g/mol. The van der Waals surface area contributed by atoms with E-state index in [1.165, 1.54) is 0 Å². The Hall–Kier alpha value is 1.29. The van der Waals surface area contributed by atoms with Gasteiger partial charge in [-0.2, -0.15) is 0 Å². The topological polar surface area (TPSA) is 142 Å². The van der Waals surface area contributed by atoms with Gasteiger partial charge in [0.05, 0.1) is 0 Å². The predicted molar refractivity (Wildman–Crippen MR) is 9.19 cm³/mol. The Morgan fingerprint density at radius 2 is 0.429 bits per heavy atom. The fraction of sp³-hybridized carbons (Fsp3) is 0. The molecule has 40 valence electrons. The van der Waals surface area contributed by atoms with Gasteiger partial charge in [0.15, 0.2) is 0 Å². The van der Waals surface area contributed by atoms with Crippen LogP contribution in [0.1, 0.15) is 0 Å². The van der Waals surface area contributed by atoms with Crippen molar-refractivity contribution in [3.05, 3.63) is 0 Å². The molecule has 0 fully saturated rings. The van der Waals surface area contributed by atoms with Gasteiger partial charge in [0.25, 0.3) is 0 Å². The minimum absolute atomic E-state index is 0. The van der Waals surface area contributed by atoms with Crippen LogP contribution in [0, 0.1) is 0 Å². The first-order chi connectivity index (χ1) is 0. The molecular formula is O5SnW. The minimum Gasteiger partial charge on any atom is -2.00 e. The van der Waals surface area contributed by atoms with Gasteiger partial charge < -0.3 is 27.4 Å². The summed E-state index contributed by atoms with van der Waals surface area (Å²) in [6, 6.07) is 0. The van der Waals surface area contributed by atoms with Gasteiger partial charge in [0.1, 0.15) is 0 Å². The van der Waals surface area contributed by atoms with Crippen LogP contribution < -0.4 is 0 Å². The first kappa shape index (κ1) is 266. The molecule has 5 nitrogen and oxygen atoms in total. The maximum Gasteiger partial charge on any atom is 6.00 e. The van der Waals surface area contributed by atoms with Crippen LogP contribution in [0.25, 0.3) is 0 Å². The summed E-state index contributed by atoms with van der Waals surface area (Å²) in [5.74, 6) is 0. The molecule has 0 aliphatic heterocycles. The standard InChI is InChI=1S/5O.Sn.W/q5*-2;+4;+6. The van der Waals surface area contributed by atoms with Crippen LogP contribution in [0.15, 0.2) is 0 Å². The largest absolute Gasteiger partial charge is 6.00 e. The summed E-state index contributed by atoms with van der Waals surface area (Å²) >= 11 is 0. The van der Waals surface area contributed by atoms with Gasteiger partial charge >= 0.3 is 45.0 Å². The third-order valence-corrected chi connectivity index (χ3v) is 0. The third-order valence-electron chi connectivity index (χ3n) is 0. The minimum atomic E-state index is 0. The normalized spacial score (nSPS) is 0. The van der Waals surface area contributed by atoms with Gasteiger partial charge in [-0.05, 0) is 0 Å². The molecule has 0 N–H and O–H groups in total. The van der Waals surface area contributed by atoms with Crippen molar-refractivity contribution in [3.8, 4) is 0 Å². The van der Waals surface area contributed by atoms with Gasteiger partial charge in [0.2, 0.25) is 0 Å². The van der Waals surface area contributed by atoms with E-state index < -0.39 is 0 Å². The second-order valence-electron chi connectivity index (χ2n) is 0. The summed E-state index contributed by atoms with van der Waals surface area (Å²) in [7, 11) is 0. The van der Waals surface area contributed by atoms with E-state index in [1.54, 1.807) is 0 Å². The summed E-state index contributed by atoms with van der Waals surface area (Å²) in [5, 5.41) is 0. The monoisotopic (exact) mass is 384 g/mol. The molecule has 7 heavy (non-hydrogen) atoms. The molecule has 0 saturated heterocycles. The molecule has 0 aromatic carbocycles. The van der Waals surface area contributed by atoms with Crippen molar-refractivity contribution >= 4 is 23.9 Å². The molecule has 0 saturated carbocycles. The number of hydrogen-bond donors (Lipinski definition) is 0.